The fraction of sp³-hybridized carbons (Fsp3) is 0.278. The van der Waals surface area contributed by atoms with Crippen LogP contribution in [-0.2, 0) is 17.6 Å². The number of benzene rings is 1. The van der Waals surface area contributed by atoms with E-state index in [9.17, 15) is 4.79 Å². The van der Waals surface area contributed by atoms with Crippen LogP contribution in [0.3, 0.4) is 0 Å². The molecule has 4 rings (SSSR count). The lowest BCUT2D eigenvalue weighted by molar-refractivity contribution is -0.110. The summed E-state index contributed by atoms with van der Waals surface area (Å²) in [5, 5.41) is 3.55. The molecule has 22 heavy (non-hydrogen) atoms. The van der Waals surface area contributed by atoms with Crippen LogP contribution in [-0.4, -0.2) is 5.91 Å². The van der Waals surface area contributed by atoms with Crippen molar-refractivity contribution in [1.29, 1.82) is 0 Å². The van der Waals surface area contributed by atoms with Gasteiger partial charge in [-0.25, -0.2) is 0 Å². The second-order valence-corrected chi connectivity index (χ2v) is 6.40. The lowest BCUT2D eigenvalue weighted by Crippen LogP contribution is -2.04. The molecule has 0 fully saturated rings. The van der Waals surface area contributed by atoms with Gasteiger partial charge in [-0.05, 0) is 61.6 Å². The minimum atomic E-state index is -0.102. The number of hydrogen-bond acceptors (Lipinski definition) is 2. The average Bonchev–Trinajstić information content (AvgIpc) is 3.02. The smallest absolute Gasteiger partial charge is 0.256 e. The second kappa shape index (κ2) is 5.03. The van der Waals surface area contributed by atoms with E-state index >= 15 is 0 Å². The summed E-state index contributed by atoms with van der Waals surface area (Å²) in [6.07, 6.45) is 6.27. The summed E-state index contributed by atoms with van der Waals surface area (Å²) in [5.74, 6) is 1.72. The van der Waals surface area contributed by atoms with E-state index in [1.807, 2.05) is 25.1 Å². The molecule has 0 spiro atoms. The number of fused-ring (bicyclic) bond motifs is 2. The Balaban J connectivity index is 1.80. The molecule has 2 heterocycles. The van der Waals surface area contributed by atoms with E-state index in [1.165, 1.54) is 18.4 Å². The Bertz CT molecular complexity index is 793. The number of furan rings is 1. The Morgan fingerprint density at radius 3 is 2.86 bits per heavy atom. The molecular weight excluding hydrogens is 298 g/mol. The van der Waals surface area contributed by atoms with Crippen molar-refractivity contribution in [2.24, 2.45) is 0 Å². The zero-order valence-electron chi connectivity index (χ0n) is 12.3. The van der Waals surface area contributed by atoms with Gasteiger partial charge in [0.15, 0.2) is 0 Å². The predicted octanol–water partition coefficient (Wildman–Crippen LogP) is 4.61. The highest BCUT2D eigenvalue weighted by Crippen LogP contribution is 2.38. The molecule has 4 heteroatoms. The summed E-state index contributed by atoms with van der Waals surface area (Å²) in [4.78, 5) is 12.3. The minimum Gasteiger partial charge on any atom is -0.461 e. The number of carbonyl (C=O) groups excluding carboxylic acids is 1. The molecule has 0 atom stereocenters. The molecule has 1 aromatic carbocycles. The molecule has 0 saturated carbocycles. The number of halogens is 1. The second-order valence-electron chi connectivity index (χ2n) is 5.96. The first-order chi connectivity index (χ1) is 10.6. The summed E-state index contributed by atoms with van der Waals surface area (Å²) in [6, 6.07) is 5.75. The fourth-order valence-corrected chi connectivity index (χ4v) is 3.57. The quantitative estimate of drug-likeness (QED) is 0.781. The van der Waals surface area contributed by atoms with Crippen LogP contribution in [0, 0.1) is 6.92 Å². The van der Waals surface area contributed by atoms with Crippen LogP contribution in [0.5, 0.6) is 0 Å². The SMILES string of the molecule is Cc1cc(Cl)cc2c1NC(=O)C2=Cc1cc2c(o1)CCCC2. The van der Waals surface area contributed by atoms with E-state index in [4.69, 9.17) is 16.0 Å². The van der Waals surface area contributed by atoms with Gasteiger partial charge in [0.25, 0.3) is 5.91 Å². The fourth-order valence-electron chi connectivity index (χ4n) is 3.30. The van der Waals surface area contributed by atoms with E-state index in [2.05, 4.69) is 11.4 Å². The molecule has 1 aliphatic carbocycles. The van der Waals surface area contributed by atoms with Crippen molar-refractivity contribution < 1.29 is 9.21 Å². The van der Waals surface area contributed by atoms with E-state index in [0.717, 1.165) is 41.2 Å². The van der Waals surface area contributed by atoms with Gasteiger partial charge in [0.05, 0.1) is 11.3 Å². The highest BCUT2D eigenvalue weighted by molar-refractivity contribution is 6.37. The number of carbonyl (C=O) groups is 1. The molecule has 2 aliphatic rings. The zero-order chi connectivity index (χ0) is 15.3. The number of amides is 1. The van der Waals surface area contributed by atoms with Gasteiger partial charge < -0.3 is 9.73 Å². The molecular formula is C18H16ClNO2. The molecule has 0 unspecified atom stereocenters. The molecule has 0 saturated heterocycles. The third-order valence-corrected chi connectivity index (χ3v) is 4.59. The molecule has 112 valence electrons. The molecule has 3 nitrogen and oxygen atoms in total. The summed E-state index contributed by atoms with van der Waals surface area (Å²) in [5.41, 5.74) is 4.56. The third-order valence-electron chi connectivity index (χ3n) is 4.38. The standard InChI is InChI=1S/C18H16ClNO2/c1-10-6-12(19)8-14-15(18(21)20-17(10)14)9-13-7-11-4-2-3-5-16(11)22-13/h6-9H,2-5H2,1H3,(H,20,21). The van der Waals surface area contributed by atoms with E-state index in [-0.39, 0.29) is 5.91 Å². The lowest BCUT2D eigenvalue weighted by Gasteiger charge is -2.07. The first kappa shape index (κ1) is 13.6. The van der Waals surface area contributed by atoms with E-state index < -0.39 is 0 Å². The highest BCUT2D eigenvalue weighted by atomic mass is 35.5. The molecule has 0 radical (unpaired) electrons. The Hall–Kier alpha value is -2.00. The summed E-state index contributed by atoms with van der Waals surface area (Å²) in [6.45, 7) is 1.94. The third kappa shape index (κ3) is 2.17. The van der Waals surface area contributed by atoms with Crippen molar-refractivity contribution in [1.82, 2.24) is 0 Å². The lowest BCUT2D eigenvalue weighted by atomic mass is 9.98. The number of aryl methyl sites for hydroxylation is 3. The van der Waals surface area contributed by atoms with Crippen molar-refractivity contribution in [3.63, 3.8) is 0 Å². The van der Waals surface area contributed by atoms with Gasteiger partial charge in [-0.2, -0.15) is 0 Å². The van der Waals surface area contributed by atoms with Crippen molar-refractivity contribution in [2.75, 3.05) is 5.32 Å². The van der Waals surface area contributed by atoms with Crippen molar-refractivity contribution in [3.05, 3.63) is 51.4 Å². The largest absolute Gasteiger partial charge is 0.461 e. The summed E-state index contributed by atoms with van der Waals surface area (Å²) in [7, 11) is 0. The van der Waals surface area contributed by atoms with Gasteiger partial charge in [0.1, 0.15) is 11.5 Å². The monoisotopic (exact) mass is 313 g/mol. The molecule has 1 N–H and O–H groups in total. The average molecular weight is 314 g/mol. The van der Waals surface area contributed by atoms with Gasteiger partial charge in [-0.1, -0.05) is 11.6 Å². The summed E-state index contributed by atoms with van der Waals surface area (Å²) >= 11 is 6.14. The van der Waals surface area contributed by atoms with Crippen LogP contribution >= 0.6 is 11.6 Å². The van der Waals surface area contributed by atoms with Crippen molar-refractivity contribution in [2.45, 2.75) is 32.6 Å². The highest BCUT2D eigenvalue weighted by Gasteiger charge is 2.27. The molecule has 2 aromatic rings. The first-order valence-corrected chi connectivity index (χ1v) is 7.95. The topological polar surface area (TPSA) is 42.2 Å². The number of hydrogen-bond donors (Lipinski definition) is 1. The molecule has 1 aromatic heterocycles. The Labute approximate surface area is 134 Å². The van der Waals surface area contributed by atoms with E-state index in [1.54, 1.807) is 0 Å². The number of rotatable bonds is 1. The van der Waals surface area contributed by atoms with Crippen LogP contribution in [0.25, 0.3) is 11.6 Å². The van der Waals surface area contributed by atoms with E-state index in [0.29, 0.717) is 10.6 Å². The van der Waals surface area contributed by atoms with Gasteiger partial charge in [-0.3, -0.25) is 4.79 Å². The molecule has 1 amide bonds. The van der Waals surface area contributed by atoms with Gasteiger partial charge in [0.2, 0.25) is 0 Å². The predicted molar refractivity (Wildman–Crippen MR) is 88.0 cm³/mol. The van der Waals surface area contributed by atoms with Crippen LogP contribution in [0.2, 0.25) is 5.02 Å². The van der Waals surface area contributed by atoms with Crippen LogP contribution in [0.15, 0.2) is 22.6 Å². The minimum absolute atomic E-state index is 0.102. The van der Waals surface area contributed by atoms with Crippen molar-refractivity contribution >= 4 is 34.8 Å². The van der Waals surface area contributed by atoms with Gasteiger partial charge in [0, 0.05) is 17.0 Å². The molecule has 1 aliphatic heterocycles. The zero-order valence-corrected chi connectivity index (χ0v) is 13.1. The van der Waals surface area contributed by atoms with Crippen LogP contribution < -0.4 is 5.32 Å². The van der Waals surface area contributed by atoms with Gasteiger partial charge >= 0.3 is 0 Å². The summed E-state index contributed by atoms with van der Waals surface area (Å²) < 4.78 is 5.90. The normalized spacial score (nSPS) is 18.3. The van der Waals surface area contributed by atoms with Crippen molar-refractivity contribution in [3.8, 4) is 0 Å². The number of anilines is 1. The van der Waals surface area contributed by atoms with Crippen LogP contribution in [0.4, 0.5) is 5.69 Å². The maximum atomic E-state index is 12.3. The molecule has 0 bridgehead atoms. The van der Waals surface area contributed by atoms with Gasteiger partial charge in [-0.15, -0.1) is 0 Å². The number of nitrogens with one attached hydrogen (secondary N) is 1. The maximum Gasteiger partial charge on any atom is 0.256 e. The Kier molecular flexibility index (Phi) is 3.12. The maximum absolute atomic E-state index is 12.3. The Morgan fingerprint density at radius 1 is 1.23 bits per heavy atom. The van der Waals surface area contributed by atoms with Crippen LogP contribution in [0.1, 0.15) is 41.1 Å². The Morgan fingerprint density at radius 2 is 2.05 bits per heavy atom. The first-order valence-electron chi connectivity index (χ1n) is 7.57.